The molecule has 2 heteroatoms. The van der Waals surface area contributed by atoms with E-state index in [9.17, 15) is 0 Å². The topological polar surface area (TPSA) is 29.3 Å². The first kappa shape index (κ1) is 12.4. The summed E-state index contributed by atoms with van der Waals surface area (Å²) in [5, 5.41) is 0. The Morgan fingerprint density at radius 3 is 2.38 bits per heavy atom. The lowest BCUT2D eigenvalue weighted by molar-refractivity contribution is 0.0704. The summed E-state index contributed by atoms with van der Waals surface area (Å²) in [6.07, 6.45) is 9.82. The molecule has 1 aliphatic heterocycles. The third kappa shape index (κ3) is 2.78. The first-order chi connectivity index (χ1) is 7.85. The van der Waals surface area contributed by atoms with Crippen LogP contribution in [0.15, 0.2) is 0 Å². The van der Waals surface area contributed by atoms with Crippen LogP contribution in [0.3, 0.4) is 0 Å². The first-order valence-corrected chi connectivity index (χ1v) is 7.29. The molecular weight excluding hydrogens is 196 g/mol. The fourth-order valence-corrected chi connectivity index (χ4v) is 3.64. The lowest BCUT2D eigenvalue weighted by atomic mass is 9.82. The first-order valence-electron chi connectivity index (χ1n) is 7.29. The van der Waals surface area contributed by atoms with E-state index >= 15 is 0 Å². The molecule has 0 aromatic carbocycles. The summed E-state index contributed by atoms with van der Waals surface area (Å²) in [7, 11) is 0. The molecular formula is C14H28N2. The molecule has 2 nitrogen and oxygen atoms in total. The van der Waals surface area contributed by atoms with Crippen LogP contribution in [0.4, 0.5) is 0 Å². The molecule has 2 atom stereocenters. The van der Waals surface area contributed by atoms with Crippen molar-refractivity contribution >= 4 is 0 Å². The maximum Gasteiger partial charge on any atom is 0.0136 e. The van der Waals surface area contributed by atoms with Gasteiger partial charge in [-0.2, -0.15) is 0 Å². The Morgan fingerprint density at radius 2 is 1.75 bits per heavy atom. The minimum absolute atomic E-state index is 0.784. The Balaban J connectivity index is 1.86. The standard InChI is InChI=1S/C14H28N2/c1-2-12-7-9-16(10-8-12)14-6-4-3-5-13(14)11-15/h12-14H,2-11,15H2,1H3. The second-order valence-corrected chi connectivity index (χ2v) is 5.74. The molecule has 1 heterocycles. The van der Waals surface area contributed by atoms with Crippen molar-refractivity contribution in [3.8, 4) is 0 Å². The van der Waals surface area contributed by atoms with Gasteiger partial charge in [-0.3, -0.25) is 0 Å². The highest BCUT2D eigenvalue weighted by Crippen LogP contribution is 2.31. The monoisotopic (exact) mass is 224 g/mol. The average molecular weight is 224 g/mol. The molecule has 0 aromatic heterocycles. The van der Waals surface area contributed by atoms with E-state index in [1.807, 2.05) is 0 Å². The maximum absolute atomic E-state index is 5.93. The molecule has 2 rings (SSSR count). The van der Waals surface area contributed by atoms with E-state index in [4.69, 9.17) is 5.73 Å². The van der Waals surface area contributed by atoms with Gasteiger partial charge in [-0.05, 0) is 57.2 Å². The number of hydrogen-bond acceptors (Lipinski definition) is 2. The van der Waals surface area contributed by atoms with E-state index in [1.54, 1.807) is 0 Å². The Morgan fingerprint density at radius 1 is 1.06 bits per heavy atom. The molecule has 2 fully saturated rings. The van der Waals surface area contributed by atoms with Gasteiger partial charge in [0.15, 0.2) is 0 Å². The summed E-state index contributed by atoms with van der Waals surface area (Å²) in [5.41, 5.74) is 5.93. The zero-order valence-electron chi connectivity index (χ0n) is 10.8. The molecule has 1 aliphatic carbocycles. The minimum atomic E-state index is 0.784. The molecule has 1 saturated carbocycles. The molecule has 2 aliphatic rings. The zero-order valence-corrected chi connectivity index (χ0v) is 10.8. The van der Waals surface area contributed by atoms with Crippen molar-refractivity contribution in [2.24, 2.45) is 17.6 Å². The highest BCUT2D eigenvalue weighted by atomic mass is 15.2. The lowest BCUT2D eigenvalue weighted by Gasteiger charge is -2.43. The number of nitrogens with zero attached hydrogens (tertiary/aromatic N) is 1. The number of nitrogens with two attached hydrogens (primary N) is 1. The van der Waals surface area contributed by atoms with Crippen LogP contribution >= 0.6 is 0 Å². The predicted molar refractivity (Wildman–Crippen MR) is 69.4 cm³/mol. The van der Waals surface area contributed by atoms with Crippen LogP contribution in [0.1, 0.15) is 51.9 Å². The summed E-state index contributed by atoms with van der Waals surface area (Å²) in [6.45, 7) is 5.90. The summed E-state index contributed by atoms with van der Waals surface area (Å²) >= 11 is 0. The number of rotatable bonds is 3. The fourth-order valence-electron chi connectivity index (χ4n) is 3.64. The fraction of sp³-hybridized carbons (Fsp3) is 1.00. The van der Waals surface area contributed by atoms with Crippen molar-refractivity contribution in [2.75, 3.05) is 19.6 Å². The highest BCUT2D eigenvalue weighted by molar-refractivity contribution is 4.86. The predicted octanol–water partition coefficient (Wildman–Crippen LogP) is 2.63. The van der Waals surface area contributed by atoms with Gasteiger partial charge in [-0.15, -0.1) is 0 Å². The average Bonchev–Trinajstić information content (AvgIpc) is 2.39. The largest absolute Gasteiger partial charge is 0.330 e. The normalized spacial score (nSPS) is 34.1. The Hall–Kier alpha value is -0.0800. The number of hydrogen-bond donors (Lipinski definition) is 1. The van der Waals surface area contributed by atoms with Crippen LogP contribution in [0.2, 0.25) is 0 Å². The second kappa shape index (κ2) is 6.02. The highest BCUT2D eigenvalue weighted by Gasteiger charge is 2.31. The lowest BCUT2D eigenvalue weighted by Crippen LogP contribution is -2.48. The molecule has 2 N–H and O–H groups in total. The molecule has 2 unspecified atom stereocenters. The van der Waals surface area contributed by atoms with Crippen molar-refractivity contribution in [1.29, 1.82) is 0 Å². The van der Waals surface area contributed by atoms with Crippen LogP contribution < -0.4 is 5.73 Å². The molecule has 0 aromatic rings. The van der Waals surface area contributed by atoms with Gasteiger partial charge in [0, 0.05) is 6.04 Å². The van der Waals surface area contributed by atoms with Gasteiger partial charge in [0.25, 0.3) is 0 Å². The summed E-state index contributed by atoms with van der Waals surface area (Å²) in [6, 6.07) is 0.816. The summed E-state index contributed by atoms with van der Waals surface area (Å²) < 4.78 is 0. The van der Waals surface area contributed by atoms with Gasteiger partial charge in [-0.25, -0.2) is 0 Å². The van der Waals surface area contributed by atoms with Crippen LogP contribution in [0.25, 0.3) is 0 Å². The minimum Gasteiger partial charge on any atom is -0.330 e. The third-order valence-electron chi connectivity index (χ3n) is 4.87. The van der Waals surface area contributed by atoms with Crippen molar-refractivity contribution in [2.45, 2.75) is 57.9 Å². The summed E-state index contributed by atoms with van der Waals surface area (Å²) in [5.74, 6) is 1.78. The molecule has 0 bridgehead atoms. The molecule has 16 heavy (non-hydrogen) atoms. The SMILES string of the molecule is CCC1CCN(C2CCCCC2CN)CC1. The Kier molecular flexibility index (Phi) is 4.66. The zero-order chi connectivity index (χ0) is 11.4. The van der Waals surface area contributed by atoms with E-state index in [1.165, 1.54) is 58.0 Å². The van der Waals surface area contributed by atoms with E-state index in [0.717, 1.165) is 24.4 Å². The Bertz CT molecular complexity index is 197. The van der Waals surface area contributed by atoms with Crippen LogP contribution in [0, 0.1) is 11.8 Å². The van der Waals surface area contributed by atoms with Gasteiger partial charge >= 0.3 is 0 Å². The summed E-state index contributed by atoms with van der Waals surface area (Å²) in [4.78, 5) is 2.75. The Labute approximate surface area is 101 Å². The van der Waals surface area contributed by atoms with Gasteiger partial charge in [0.2, 0.25) is 0 Å². The van der Waals surface area contributed by atoms with E-state index in [2.05, 4.69) is 11.8 Å². The van der Waals surface area contributed by atoms with Gasteiger partial charge < -0.3 is 10.6 Å². The molecule has 0 spiro atoms. The second-order valence-electron chi connectivity index (χ2n) is 5.74. The van der Waals surface area contributed by atoms with E-state index in [-0.39, 0.29) is 0 Å². The molecule has 94 valence electrons. The van der Waals surface area contributed by atoms with Gasteiger partial charge in [0.05, 0.1) is 0 Å². The van der Waals surface area contributed by atoms with Gasteiger partial charge in [0.1, 0.15) is 0 Å². The molecule has 1 saturated heterocycles. The maximum atomic E-state index is 5.93. The van der Waals surface area contributed by atoms with Crippen molar-refractivity contribution in [1.82, 2.24) is 4.90 Å². The van der Waals surface area contributed by atoms with Crippen molar-refractivity contribution < 1.29 is 0 Å². The van der Waals surface area contributed by atoms with E-state index in [0.29, 0.717) is 0 Å². The van der Waals surface area contributed by atoms with E-state index < -0.39 is 0 Å². The van der Waals surface area contributed by atoms with Crippen molar-refractivity contribution in [3.05, 3.63) is 0 Å². The van der Waals surface area contributed by atoms with Crippen LogP contribution in [-0.4, -0.2) is 30.6 Å². The number of piperidine rings is 1. The van der Waals surface area contributed by atoms with Gasteiger partial charge in [-0.1, -0.05) is 26.2 Å². The van der Waals surface area contributed by atoms with Crippen molar-refractivity contribution in [3.63, 3.8) is 0 Å². The quantitative estimate of drug-likeness (QED) is 0.798. The van der Waals surface area contributed by atoms with Crippen LogP contribution in [-0.2, 0) is 0 Å². The van der Waals surface area contributed by atoms with Crippen LogP contribution in [0.5, 0.6) is 0 Å². The molecule has 0 amide bonds. The molecule has 0 radical (unpaired) electrons. The number of likely N-dealkylation sites (tertiary alicyclic amines) is 1. The smallest absolute Gasteiger partial charge is 0.0136 e. The third-order valence-corrected chi connectivity index (χ3v) is 4.87.